The van der Waals surface area contributed by atoms with Gasteiger partial charge in [-0.2, -0.15) is 0 Å². The summed E-state index contributed by atoms with van der Waals surface area (Å²) in [4.78, 5) is 4.43. The zero-order chi connectivity index (χ0) is 17.4. The van der Waals surface area contributed by atoms with Crippen LogP contribution in [0.4, 0.5) is 5.69 Å². The van der Waals surface area contributed by atoms with Gasteiger partial charge in [-0.25, -0.2) is 4.99 Å². The van der Waals surface area contributed by atoms with E-state index in [1.165, 1.54) is 5.56 Å². The fraction of sp³-hybridized carbons (Fsp3) is 0.350. The molecule has 0 heterocycles. The van der Waals surface area contributed by atoms with Crippen LogP contribution < -0.4 is 11.1 Å². The number of nitrogens with one attached hydrogen (secondary N) is 1. The normalized spacial score (nSPS) is 12.9. The van der Waals surface area contributed by atoms with E-state index in [4.69, 9.17) is 10.5 Å². The number of rotatable bonds is 7. The van der Waals surface area contributed by atoms with Crippen LogP contribution in [0.5, 0.6) is 0 Å². The van der Waals surface area contributed by atoms with Crippen LogP contribution in [0, 0.1) is 0 Å². The van der Waals surface area contributed by atoms with Gasteiger partial charge in [0.05, 0.1) is 13.2 Å². The maximum Gasteiger partial charge on any atom is 0.193 e. The molecule has 3 N–H and O–H groups in total. The van der Waals surface area contributed by atoms with Crippen LogP contribution in [0.3, 0.4) is 0 Å². The zero-order valence-corrected chi connectivity index (χ0v) is 14.8. The molecule has 128 valence electrons. The molecule has 0 aliphatic heterocycles. The molecule has 2 aromatic rings. The van der Waals surface area contributed by atoms with Gasteiger partial charge in [0.15, 0.2) is 5.96 Å². The predicted molar refractivity (Wildman–Crippen MR) is 101 cm³/mol. The van der Waals surface area contributed by atoms with E-state index in [-0.39, 0.29) is 0 Å². The van der Waals surface area contributed by atoms with E-state index in [0.717, 1.165) is 23.2 Å². The van der Waals surface area contributed by atoms with Crippen molar-refractivity contribution in [3.63, 3.8) is 0 Å². The molecular weight excluding hydrogens is 298 g/mol. The monoisotopic (exact) mass is 325 g/mol. The highest BCUT2D eigenvalue weighted by Gasteiger charge is 2.04. The number of guanidine groups is 1. The summed E-state index contributed by atoms with van der Waals surface area (Å²) in [7, 11) is 1.69. The van der Waals surface area contributed by atoms with Crippen LogP contribution in [0.1, 0.15) is 42.9 Å². The van der Waals surface area contributed by atoms with E-state index in [0.29, 0.717) is 25.0 Å². The van der Waals surface area contributed by atoms with Crippen molar-refractivity contribution in [2.45, 2.75) is 39.3 Å². The molecule has 0 spiro atoms. The number of aliphatic imine (C=N–C) groups is 1. The Bertz CT molecular complexity index is 665. The average Bonchev–Trinajstić information content (AvgIpc) is 2.61. The second-order valence-corrected chi connectivity index (χ2v) is 5.96. The number of anilines is 1. The molecule has 1 unspecified atom stereocenters. The number of nitrogens with zero attached hydrogens (tertiary/aromatic N) is 1. The van der Waals surface area contributed by atoms with Gasteiger partial charge in [0, 0.05) is 12.8 Å². The predicted octanol–water partition coefficient (Wildman–Crippen LogP) is 4.27. The molecule has 0 radical (unpaired) electrons. The van der Waals surface area contributed by atoms with Crippen LogP contribution in [0.15, 0.2) is 53.5 Å². The molecule has 24 heavy (non-hydrogen) atoms. The molecule has 0 amide bonds. The molecule has 0 saturated heterocycles. The first-order valence-electron chi connectivity index (χ1n) is 8.36. The minimum Gasteiger partial charge on any atom is -0.380 e. The lowest BCUT2D eigenvalue weighted by Crippen LogP contribution is -2.22. The summed E-state index contributed by atoms with van der Waals surface area (Å²) in [6, 6.07) is 16.5. The first kappa shape index (κ1) is 18.0. The molecule has 2 rings (SSSR count). The Hall–Kier alpha value is -2.33. The van der Waals surface area contributed by atoms with E-state index in [1.54, 1.807) is 7.11 Å². The Labute approximate surface area is 144 Å². The summed E-state index contributed by atoms with van der Waals surface area (Å²) in [6.45, 7) is 5.54. The molecule has 4 heteroatoms. The maximum atomic E-state index is 6.01. The van der Waals surface area contributed by atoms with Gasteiger partial charge >= 0.3 is 0 Å². The first-order valence-corrected chi connectivity index (χ1v) is 8.36. The number of benzene rings is 2. The third kappa shape index (κ3) is 5.10. The average molecular weight is 325 g/mol. The lowest BCUT2D eigenvalue weighted by atomic mass is 9.99. The third-order valence-corrected chi connectivity index (χ3v) is 4.20. The molecule has 0 aliphatic carbocycles. The molecule has 0 aromatic heterocycles. The summed E-state index contributed by atoms with van der Waals surface area (Å²) in [5.41, 5.74) is 10.6. The van der Waals surface area contributed by atoms with Gasteiger partial charge in [-0.1, -0.05) is 50.2 Å². The van der Waals surface area contributed by atoms with Crippen molar-refractivity contribution in [3.05, 3.63) is 65.2 Å². The van der Waals surface area contributed by atoms with Crippen molar-refractivity contribution < 1.29 is 4.74 Å². The second kappa shape index (κ2) is 9.08. The van der Waals surface area contributed by atoms with Gasteiger partial charge in [0.25, 0.3) is 0 Å². The summed E-state index contributed by atoms with van der Waals surface area (Å²) >= 11 is 0. The fourth-order valence-corrected chi connectivity index (χ4v) is 2.50. The molecule has 1 atom stereocenters. The number of hydrogen-bond acceptors (Lipinski definition) is 2. The Balaban J connectivity index is 1.99. The Kier molecular flexibility index (Phi) is 6.82. The van der Waals surface area contributed by atoms with Gasteiger partial charge in [-0.05, 0) is 41.2 Å². The van der Waals surface area contributed by atoms with Crippen LogP contribution in [-0.2, 0) is 17.9 Å². The minimum absolute atomic E-state index is 0.415. The van der Waals surface area contributed by atoms with Crippen molar-refractivity contribution in [1.82, 2.24) is 0 Å². The largest absolute Gasteiger partial charge is 0.380 e. The Morgan fingerprint density at radius 1 is 1.12 bits per heavy atom. The molecule has 0 bridgehead atoms. The standard InChI is InChI=1S/C20H27N3O/c1-4-15(2)16-9-11-19(12-10-16)23-20(21)22-13-17-7-5-6-8-18(17)14-24-3/h5-12,15H,4,13-14H2,1-3H3,(H3,21,22,23). The van der Waals surface area contributed by atoms with Gasteiger partial charge in [-0.15, -0.1) is 0 Å². The Morgan fingerprint density at radius 2 is 1.79 bits per heavy atom. The summed E-state index contributed by atoms with van der Waals surface area (Å²) in [6.07, 6.45) is 1.14. The summed E-state index contributed by atoms with van der Waals surface area (Å²) in [5, 5.41) is 3.14. The fourth-order valence-electron chi connectivity index (χ4n) is 2.50. The number of ether oxygens (including phenoxy) is 1. The molecule has 0 aliphatic rings. The smallest absolute Gasteiger partial charge is 0.193 e. The number of hydrogen-bond donors (Lipinski definition) is 2. The van der Waals surface area contributed by atoms with Crippen LogP contribution in [0.2, 0.25) is 0 Å². The zero-order valence-electron chi connectivity index (χ0n) is 14.8. The maximum absolute atomic E-state index is 6.01. The van der Waals surface area contributed by atoms with Crippen LogP contribution in [0.25, 0.3) is 0 Å². The SMILES string of the molecule is CCC(C)c1ccc(NC(N)=NCc2ccccc2COC)cc1. The van der Waals surface area contributed by atoms with E-state index < -0.39 is 0 Å². The molecule has 0 fully saturated rings. The van der Waals surface area contributed by atoms with Crippen LogP contribution >= 0.6 is 0 Å². The van der Waals surface area contributed by atoms with E-state index >= 15 is 0 Å². The van der Waals surface area contributed by atoms with Crippen molar-refractivity contribution >= 4 is 11.6 Å². The third-order valence-electron chi connectivity index (χ3n) is 4.20. The van der Waals surface area contributed by atoms with Gasteiger partial charge < -0.3 is 15.8 Å². The van der Waals surface area contributed by atoms with Gasteiger partial charge in [-0.3, -0.25) is 0 Å². The van der Waals surface area contributed by atoms with Crippen molar-refractivity contribution in [2.24, 2.45) is 10.7 Å². The number of nitrogens with two attached hydrogens (primary N) is 1. The van der Waals surface area contributed by atoms with Crippen molar-refractivity contribution in [2.75, 3.05) is 12.4 Å². The first-order chi connectivity index (χ1) is 11.6. The Morgan fingerprint density at radius 3 is 2.42 bits per heavy atom. The highest BCUT2D eigenvalue weighted by atomic mass is 16.5. The topological polar surface area (TPSA) is 59.6 Å². The van der Waals surface area contributed by atoms with E-state index in [9.17, 15) is 0 Å². The van der Waals surface area contributed by atoms with Crippen LogP contribution in [-0.4, -0.2) is 13.1 Å². The molecular formula is C20H27N3O. The van der Waals surface area contributed by atoms with Crippen molar-refractivity contribution in [3.8, 4) is 0 Å². The van der Waals surface area contributed by atoms with E-state index in [1.807, 2.05) is 36.4 Å². The highest BCUT2D eigenvalue weighted by Crippen LogP contribution is 2.20. The van der Waals surface area contributed by atoms with Crippen molar-refractivity contribution in [1.29, 1.82) is 0 Å². The summed E-state index contributed by atoms with van der Waals surface area (Å²) < 4.78 is 5.22. The lowest BCUT2D eigenvalue weighted by molar-refractivity contribution is 0.184. The summed E-state index contributed by atoms with van der Waals surface area (Å²) in [5.74, 6) is 0.987. The van der Waals surface area contributed by atoms with Gasteiger partial charge in [0.1, 0.15) is 0 Å². The quantitative estimate of drug-likeness (QED) is 0.590. The second-order valence-electron chi connectivity index (χ2n) is 5.96. The van der Waals surface area contributed by atoms with E-state index in [2.05, 4.69) is 36.3 Å². The lowest BCUT2D eigenvalue weighted by Gasteiger charge is -2.11. The molecule has 4 nitrogen and oxygen atoms in total. The van der Waals surface area contributed by atoms with Gasteiger partial charge in [0.2, 0.25) is 0 Å². The molecule has 2 aromatic carbocycles. The highest BCUT2D eigenvalue weighted by molar-refractivity contribution is 5.92. The number of methoxy groups -OCH3 is 1. The molecule has 0 saturated carbocycles. The minimum atomic E-state index is 0.415.